The van der Waals surface area contributed by atoms with Crippen LogP contribution in [0.5, 0.6) is 0 Å². The molecule has 106 valence electrons. The molecule has 0 spiro atoms. The van der Waals surface area contributed by atoms with Gasteiger partial charge in [0, 0.05) is 17.7 Å². The van der Waals surface area contributed by atoms with Crippen LogP contribution in [0.15, 0.2) is 51.6 Å². The second kappa shape index (κ2) is 5.58. The van der Waals surface area contributed by atoms with Crippen LogP contribution in [-0.2, 0) is 6.54 Å². The molecule has 0 atom stereocenters. The van der Waals surface area contributed by atoms with Gasteiger partial charge < -0.3 is 14.4 Å². The summed E-state index contributed by atoms with van der Waals surface area (Å²) < 4.78 is 22.7. The molecular weight excluding hydrogens is 277 g/mol. The maximum Gasteiger partial charge on any atom is 0.290 e. The number of benzene rings is 1. The Hall–Kier alpha value is -2.96. The molecule has 2 heterocycles. The fraction of sp³-hybridized carbons (Fsp3) is 0.0714. The number of hydrogen-bond acceptors (Lipinski definition) is 5. The Morgan fingerprint density at radius 1 is 1.19 bits per heavy atom. The maximum atomic E-state index is 12.8. The summed E-state index contributed by atoms with van der Waals surface area (Å²) >= 11 is 0. The third-order valence-corrected chi connectivity index (χ3v) is 2.78. The Labute approximate surface area is 118 Å². The zero-order valence-electron chi connectivity index (χ0n) is 10.7. The Morgan fingerprint density at radius 2 is 2.00 bits per heavy atom. The van der Waals surface area contributed by atoms with Gasteiger partial charge in [0.05, 0.1) is 12.7 Å². The number of amides is 1. The number of nitrogens with zero attached hydrogens (tertiary/aromatic N) is 2. The van der Waals surface area contributed by atoms with Crippen molar-refractivity contribution in [1.29, 1.82) is 0 Å². The summed E-state index contributed by atoms with van der Waals surface area (Å²) in [7, 11) is 0. The van der Waals surface area contributed by atoms with E-state index in [-0.39, 0.29) is 24.0 Å². The van der Waals surface area contributed by atoms with Crippen LogP contribution < -0.4 is 5.32 Å². The minimum absolute atomic E-state index is 0.122. The van der Waals surface area contributed by atoms with Crippen LogP contribution in [0.2, 0.25) is 0 Å². The lowest BCUT2D eigenvalue weighted by molar-refractivity contribution is 0.0913. The second-order valence-corrected chi connectivity index (χ2v) is 4.25. The van der Waals surface area contributed by atoms with Gasteiger partial charge in [-0.05, 0) is 24.3 Å². The van der Waals surface area contributed by atoms with Crippen LogP contribution in [0, 0.1) is 5.82 Å². The fourth-order valence-electron chi connectivity index (χ4n) is 1.74. The van der Waals surface area contributed by atoms with Gasteiger partial charge in [-0.3, -0.25) is 4.79 Å². The minimum atomic E-state index is -0.390. The number of halogens is 1. The summed E-state index contributed by atoms with van der Waals surface area (Å²) in [6.45, 7) is 0.185. The first kappa shape index (κ1) is 13.0. The van der Waals surface area contributed by atoms with E-state index in [0.717, 1.165) is 0 Å². The topological polar surface area (TPSA) is 81.2 Å². The molecule has 6 nitrogen and oxygen atoms in total. The van der Waals surface area contributed by atoms with Crippen LogP contribution in [-0.4, -0.2) is 16.2 Å². The predicted molar refractivity (Wildman–Crippen MR) is 69.6 cm³/mol. The van der Waals surface area contributed by atoms with E-state index in [2.05, 4.69) is 15.6 Å². The van der Waals surface area contributed by atoms with Crippen molar-refractivity contribution in [1.82, 2.24) is 15.6 Å². The highest BCUT2D eigenvalue weighted by Gasteiger charge is 2.11. The summed E-state index contributed by atoms with van der Waals surface area (Å²) in [5, 5.41) is 9.91. The molecule has 3 aromatic rings. The Balaban J connectivity index is 1.65. The Bertz CT molecular complexity index is 735. The molecule has 0 saturated carbocycles. The Morgan fingerprint density at radius 3 is 2.71 bits per heavy atom. The summed E-state index contributed by atoms with van der Waals surface area (Å²) in [5.41, 5.74) is 1.25. The first-order valence-corrected chi connectivity index (χ1v) is 6.13. The lowest BCUT2D eigenvalue weighted by Gasteiger charge is -1.97. The summed E-state index contributed by atoms with van der Waals surface area (Å²) in [4.78, 5) is 11.6. The average molecular weight is 287 g/mol. The maximum absolute atomic E-state index is 12.8. The number of hydrogen-bond donors (Lipinski definition) is 1. The van der Waals surface area contributed by atoms with Gasteiger partial charge in [0.25, 0.3) is 5.91 Å². The molecule has 0 saturated heterocycles. The van der Waals surface area contributed by atoms with E-state index >= 15 is 0 Å². The molecule has 0 aliphatic heterocycles. The summed E-state index contributed by atoms with van der Waals surface area (Å²) in [5.74, 6) is -0.0900. The van der Waals surface area contributed by atoms with E-state index < -0.39 is 0 Å². The van der Waals surface area contributed by atoms with Gasteiger partial charge in [0.15, 0.2) is 5.76 Å². The van der Waals surface area contributed by atoms with E-state index in [9.17, 15) is 9.18 Å². The first-order chi connectivity index (χ1) is 10.2. The van der Waals surface area contributed by atoms with E-state index in [1.54, 1.807) is 18.2 Å². The van der Waals surface area contributed by atoms with Crippen molar-refractivity contribution in [3.63, 3.8) is 0 Å². The van der Waals surface area contributed by atoms with Crippen LogP contribution in [0.1, 0.15) is 16.2 Å². The summed E-state index contributed by atoms with van der Waals surface area (Å²) in [6.07, 6.45) is 1.39. The minimum Gasteiger partial charge on any atom is -0.356 e. The van der Waals surface area contributed by atoms with Crippen molar-refractivity contribution >= 4 is 5.91 Å². The highest BCUT2D eigenvalue weighted by molar-refractivity contribution is 5.91. The number of carbonyl (C=O) groups excluding carboxylic acids is 1. The van der Waals surface area contributed by atoms with Gasteiger partial charge in [-0.2, -0.15) is 0 Å². The van der Waals surface area contributed by atoms with E-state index in [1.807, 2.05) is 0 Å². The normalized spacial score (nSPS) is 10.5. The largest absolute Gasteiger partial charge is 0.356 e. The number of aromatic nitrogens is 2. The quantitative estimate of drug-likeness (QED) is 0.796. The van der Waals surface area contributed by atoms with Crippen molar-refractivity contribution in [2.24, 2.45) is 0 Å². The lowest BCUT2D eigenvalue weighted by atomic mass is 10.1. The molecular formula is C14H10FN3O3. The van der Waals surface area contributed by atoms with Crippen molar-refractivity contribution in [2.75, 3.05) is 0 Å². The molecule has 1 aromatic carbocycles. The van der Waals surface area contributed by atoms with Crippen molar-refractivity contribution in [3.8, 4) is 11.3 Å². The summed E-state index contributed by atoms with van der Waals surface area (Å²) in [6, 6.07) is 8.99. The molecule has 3 rings (SSSR count). The second-order valence-electron chi connectivity index (χ2n) is 4.25. The third-order valence-electron chi connectivity index (χ3n) is 2.78. The molecule has 0 fully saturated rings. The molecule has 0 aliphatic rings. The molecule has 21 heavy (non-hydrogen) atoms. The van der Waals surface area contributed by atoms with Crippen LogP contribution in [0.3, 0.4) is 0 Å². The van der Waals surface area contributed by atoms with Crippen LogP contribution >= 0.6 is 0 Å². The van der Waals surface area contributed by atoms with E-state index in [0.29, 0.717) is 17.0 Å². The highest BCUT2D eigenvalue weighted by Crippen LogP contribution is 2.20. The monoisotopic (exact) mass is 287 g/mol. The van der Waals surface area contributed by atoms with Crippen molar-refractivity contribution in [2.45, 2.75) is 6.54 Å². The highest BCUT2D eigenvalue weighted by atomic mass is 19.1. The number of nitrogens with one attached hydrogen (secondary N) is 1. The molecule has 0 radical (unpaired) electrons. The molecule has 0 aliphatic carbocycles. The van der Waals surface area contributed by atoms with Crippen molar-refractivity contribution in [3.05, 3.63) is 59.9 Å². The fourth-order valence-corrected chi connectivity index (χ4v) is 1.74. The predicted octanol–water partition coefficient (Wildman–Crippen LogP) is 2.40. The van der Waals surface area contributed by atoms with Crippen molar-refractivity contribution < 1.29 is 18.2 Å². The smallest absolute Gasteiger partial charge is 0.290 e. The SMILES string of the molecule is O=C(NCc1cc(-c2ccc(F)cc2)on1)c1ccno1. The van der Waals surface area contributed by atoms with Gasteiger partial charge in [0.1, 0.15) is 11.5 Å². The molecule has 7 heteroatoms. The molecule has 1 amide bonds. The molecule has 0 unspecified atom stereocenters. The third kappa shape index (κ3) is 2.97. The first-order valence-electron chi connectivity index (χ1n) is 6.13. The lowest BCUT2D eigenvalue weighted by Crippen LogP contribution is -2.22. The van der Waals surface area contributed by atoms with Gasteiger partial charge in [-0.25, -0.2) is 4.39 Å². The van der Waals surface area contributed by atoms with Gasteiger partial charge in [-0.1, -0.05) is 10.3 Å². The van der Waals surface area contributed by atoms with E-state index in [4.69, 9.17) is 9.05 Å². The van der Waals surface area contributed by atoms with Gasteiger partial charge in [-0.15, -0.1) is 0 Å². The van der Waals surface area contributed by atoms with Gasteiger partial charge >= 0.3 is 0 Å². The molecule has 1 N–H and O–H groups in total. The standard InChI is InChI=1S/C14H10FN3O3/c15-10-3-1-9(2-4-10)13-7-11(18-21-13)8-16-14(19)12-5-6-17-20-12/h1-7H,8H2,(H,16,19). The van der Waals surface area contributed by atoms with Crippen LogP contribution in [0.25, 0.3) is 11.3 Å². The van der Waals surface area contributed by atoms with E-state index in [1.165, 1.54) is 24.4 Å². The Kier molecular flexibility index (Phi) is 3.46. The van der Waals surface area contributed by atoms with Gasteiger partial charge in [0.2, 0.25) is 5.76 Å². The zero-order chi connectivity index (χ0) is 14.7. The number of rotatable bonds is 4. The molecule has 2 aromatic heterocycles. The number of carbonyl (C=O) groups is 1. The average Bonchev–Trinajstić information content (AvgIpc) is 3.17. The van der Waals surface area contributed by atoms with Crippen LogP contribution in [0.4, 0.5) is 4.39 Å². The molecule has 0 bridgehead atoms. The zero-order valence-corrected chi connectivity index (χ0v) is 10.7.